The minimum Gasteiger partial charge on any atom is -0.398 e. The number of benzene rings is 1. The molecule has 0 saturated heterocycles. The largest absolute Gasteiger partial charge is 0.398 e. The minimum absolute atomic E-state index is 0.246. The predicted octanol–water partition coefficient (Wildman–Crippen LogP) is 1.68. The second-order valence-corrected chi connectivity index (χ2v) is 5.41. The van der Waals surface area contributed by atoms with Crippen molar-refractivity contribution in [3.8, 4) is 0 Å². The normalized spacial score (nSPS) is 17.3. The van der Waals surface area contributed by atoms with Crippen molar-refractivity contribution >= 4 is 27.5 Å². The average molecular weight is 299 g/mol. The number of rotatable bonds is 3. The maximum Gasteiger partial charge on any atom is 0.253 e. The first-order chi connectivity index (χ1) is 8.00. The summed E-state index contributed by atoms with van der Waals surface area (Å²) in [6, 6.07) is 5.14. The van der Waals surface area contributed by atoms with E-state index in [0.717, 1.165) is 23.7 Å². The van der Waals surface area contributed by atoms with Gasteiger partial charge in [-0.15, -0.1) is 0 Å². The fourth-order valence-corrected chi connectivity index (χ4v) is 2.19. The Morgan fingerprint density at radius 3 is 2.82 bits per heavy atom. The zero-order chi connectivity index (χ0) is 12.5. The molecule has 1 aliphatic carbocycles. The van der Waals surface area contributed by atoms with Crippen LogP contribution in [0.5, 0.6) is 0 Å². The molecule has 1 fully saturated rings. The number of amides is 1. The lowest BCUT2D eigenvalue weighted by Crippen LogP contribution is -2.47. The molecule has 1 aliphatic rings. The molecular weight excluding hydrogens is 284 g/mol. The monoisotopic (exact) mass is 298 g/mol. The van der Waals surface area contributed by atoms with E-state index in [9.17, 15) is 9.90 Å². The lowest BCUT2D eigenvalue weighted by Gasteiger charge is -2.36. The van der Waals surface area contributed by atoms with Crippen LogP contribution in [-0.2, 0) is 0 Å². The number of nitrogen functional groups attached to an aromatic ring is 1. The molecule has 0 aliphatic heterocycles. The van der Waals surface area contributed by atoms with Crippen LogP contribution in [0.15, 0.2) is 22.7 Å². The number of aliphatic hydroxyl groups is 1. The van der Waals surface area contributed by atoms with Gasteiger partial charge in [0, 0.05) is 16.7 Å². The Balaban J connectivity index is 2.01. The van der Waals surface area contributed by atoms with Crippen molar-refractivity contribution in [2.75, 3.05) is 12.3 Å². The summed E-state index contributed by atoms with van der Waals surface area (Å²) in [5.74, 6) is -0.246. The fraction of sp³-hybridized carbons (Fsp3) is 0.417. The molecule has 0 heterocycles. The Hall–Kier alpha value is -1.07. The van der Waals surface area contributed by atoms with Crippen molar-refractivity contribution in [2.24, 2.45) is 0 Å². The van der Waals surface area contributed by atoms with Gasteiger partial charge < -0.3 is 16.2 Å². The Morgan fingerprint density at radius 1 is 1.53 bits per heavy atom. The first kappa shape index (κ1) is 12.4. The smallest absolute Gasteiger partial charge is 0.253 e. The standard InChI is InChI=1S/C12H15BrN2O2/c13-8-2-3-10(14)9(6-8)11(16)15-7-12(17)4-1-5-12/h2-3,6,17H,1,4-5,7,14H2,(H,15,16). The molecule has 0 bridgehead atoms. The molecule has 4 nitrogen and oxygen atoms in total. The van der Waals surface area contributed by atoms with Crippen LogP contribution in [0, 0.1) is 0 Å². The van der Waals surface area contributed by atoms with Crippen LogP contribution in [0.2, 0.25) is 0 Å². The third kappa shape index (κ3) is 2.79. The van der Waals surface area contributed by atoms with Crippen LogP contribution in [-0.4, -0.2) is 23.2 Å². The third-order valence-electron chi connectivity index (χ3n) is 3.12. The lowest BCUT2D eigenvalue weighted by molar-refractivity contribution is -0.0300. The zero-order valence-corrected chi connectivity index (χ0v) is 11.0. The molecular formula is C12H15BrN2O2. The maximum atomic E-state index is 11.9. The molecule has 5 heteroatoms. The molecule has 0 spiro atoms. The highest BCUT2D eigenvalue weighted by molar-refractivity contribution is 9.10. The molecule has 1 saturated carbocycles. The average Bonchev–Trinajstić information content (AvgIpc) is 2.26. The van der Waals surface area contributed by atoms with Crippen LogP contribution in [0.1, 0.15) is 29.6 Å². The van der Waals surface area contributed by atoms with Gasteiger partial charge in [-0.3, -0.25) is 4.79 Å². The number of carbonyl (C=O) groups is 1. The first-order valence-electron chi connectivity index (χ1n) is 5.56. The van der Waals surface area contributed by atoms with E-state index in [2.05, 4.69) is 21.2 Å². The van der Waals surface area contributed by atoms with E-state index in [1.165, 1.54) is 0 Å². The molecule has 0 aromatic heterocycles. The van der Waals surface area contributed by atoms with Gasteiger partial charge in [0.05, 0.1) is 11.2 Å². The lowest BCUT2D eigenvalue weighted by atomic mass is 9.80. The van der Waals surface area contributed by atoms with E-state index in [0.29, 0.717) is 11.3 Å². The van der Waals surface area contributed by atoms with Crippen molar-refractivity contribution < 1.29 is 9.90 Å². The topological polar surface area (TPSA) is 75.4 Å². The maximum absolute atomic E-state index is 11.9. The van der Waals surface area contributed by atoms with Crippen molar-refractivity contribution in [2.45, 2.75) is 24.9 Å². The number of nitrogens with one attached hydrogen (secondary N) is 1. The molecule has 1 amide bonds. The van der Waals surface area contributed by atoms with Gasteiger partial charge in [-0.1, -0.05) is 15.9 Å². The minimum atomic E-state index is -0.712. The van der Waals surface area contributed by atoms with Crippen LogP contribution < -0.4 is 11.1 Å². The summed E-state index contributed by atoms with van der Waals surface area (Å²) >= 11 is 3.30. The van der Waals surface area contributed by atoms with Gasteiger partial charge in [0.15, 0.2) is 0 Å². The zero-order valence-electron chi connectivity index (χ0n) is 9.37. The molecule has 4 N–H and O–H groups in total. The molecule has 92 valence electrons. The van der Waals surface area contributed by atoms with Crippen molar-refractivity contribution in [1.82, 2.24) is 5.32 Å². The van der Waals surface area contributed by atoms with Crippen molar-refractivity contribution in [1.29, 1.82) is 0 Å². The fourth-order valence-electron chi connectivity index (χ4n) is 1.83. The number of nitrogens with two attached hydrogens (primary N) is 1. The number of hydrogen-bond donors (Lipinski definition) is 3. The van der Waals surface area contributed by atoms with E-state index in [1.54, 1.807) is 18.2 Å². The highest BCUT2D eigenvalue weighted by Gasteiger charge is 2.34. The molecule has 1 aromatic rings. The van der Waals surface area contributed by atoms with Gasteiger partial charge in [0.2, 0.25) is 0 Å². The Labute approximate surface area is 108 Å². The van der Waals surface area contributed by atoms with E-state index >= 15 is 0 Å². The summed E-state index contributed by atoms with van der Waals surface area (Å²) in [7, 11) is 0. The molecule has 0 radical (unpaired) electrons. The number of hydrogen-bond acceptors (Lipinski definition) is 3. The summed E-state index contributed by atoms with van der Waals surface area (Å²) < 4.78 is 0.805. The molecule has 1 aromatic carbocycles. The summed E-state index contributed by atoms with van der Waals surface area (Å²) in [5, 5.41) is 12.6. The second kappa shape index (κ2) is 4.66. The summed E-state index contributed by atoms with van der Waals surface area (Å²) in [5.41, 5.74) is 5.89. The first-order valence-corrected chi connectivity index (χ1v) is 6.35. The Kier molecular flexibility index (Phi) is 3.40. The number of halogens is 1. The molecule has 0 atom stereocenters. The van der Waals surface area contributed by atoms with Gasteiger partial charge in [0.1, 0.15) is 0 Å². The second-order valence-electron chi connectivity index (χ2n) is 4.49. The van der Waals surface area contributed by atoms with Crippen LogP contribution >= 0.6 is 15.9 Å². The number of carbonyl (C=O) groups excluding carboxylic acids is 1. The van der Waals surface area contributed by atoms with E-state index in [-0.39, 0.29) is 12.5 Å². The quantitative estimate of drug-likeness (QED) is 0.743. The van der Waals surface area contributed by atoms with Crippen LogP contribution in [0.4, 0.5) is 5.69 Å². The third-order valence-corrected chi connectivity index (χ3v) is 3.62. The molecule has 0 unspecified atom stereocenters. The number of anilines is 1. The highest BCUT2D eigenvalue weighted by atomic mass is 79.9. The predicted molar refractivity (Wildman–Crippen MR) is 69.7 cm³/mol. The Bertz CT molecular complexity index is 444. The van der Waals surface area contributed by atoms with Crippen molar-refractivity contribution in [3.05, 3.63) is 28.2 Å². The van der Waals surface area contributed by atoms with Gasteiger partial charge >= 0.3 is 0 Å². The SMILES string of the molecule is Nc1ccc(Br)cc1C(=O)NCC1(O)CCC1. The molecule has 2 rings (SSSR count). The van der Waals surface area contributed by atoms with Crippen LogP contribution in [0.3, 0.4) is 0 Å². The highest BCUT2D eigenvalue weighted by Crippen LogP contribution is 2.30. The van der Waals surface area contributed by atoms with Crippen LogP contribution in [0.25, 0.3) is 0 Å². The summed E-state index contributed by atoms with van der Waals surface area (Å²) in [6.45, 7) is 0.289. The van der Waals surface area contributed by atoms with E-state index in [4.69, 9.17) is 5.73 Å². The van der Waals surface area contributed by atoms with Gasteiger partial charge in [0.25, 0.3) is 5.91 Å². The van der Waals surface area contributed by atoms with E-state index < -0.39 is 5.60 Å². The summed E-state index contributed by atoms with van der Waals surface area (Å²) in [6.07, 6.45) is 2.52. The summed E-state index contributed by atoms with van der Waals surface area (Å²) in [4.78, 5) is 11.9. The van der Waals surface area contributed by atoms with Crippen molar-refractivity contribution in [3.63, 3.8) is 0 Å². The van der Waals surface area contributed by atoms with Gasteiger partial charge in [-0.2, -0.15) is 0 Å². The van der Waals surface area contributed by atoms with Gasteiger partial charge in [-0.05, 0) is 37.5 Å². The van der Waals surface area contributed by atoms with E-state index in [1.807, 2.05) is 0 Å². The molecule has 17 heavy (non-hydrogen) atoms. The van der Waals surface area contributed by atoms with Gasteiger partial charge in [-0.25, -0.2) is 0 Å². The Morgan fingerprint density at radius 2 is 2.24 bits per heavy atom.